The molecule has 0 amide bonds. The lowest BCUT2D eigenvalue weighted by Gasteiger charge is -2.00. The van der Waals surface area contributed by atoms with Gasteiger partial charge in [0.25, 0.3) is 5.69 Å². The number of nitro groups is 1. The highest BCUT2D eigenvalue weighted by Crippen LogP contribution is 2.16. The molecule has 0 saturated heterocycles. The number of hydrogen-bond acceptors (Lipinski definition) is 5. The highest BCUT2D eigenvalue weighted by molar-refractivity contribution is 6.00. The lowest BCUT2D eigenvalue weighted by molar-refractivity contribution is -0.385. The maximum Gasteiger partial charge on any atom is 0.332 e. The van der Waals surface area contributed by atoms with Gasteiger partial charge in [0.1, 0.15) is 0 Å². The summed E-state index contributed by atoms with van der Waals surface area (Å²) in [6, 6.07) is 5.77. The predicted octanol–water partition coefficient (Wildman–Crippen LogP) is 0.778. The number of carbonyl (C=O) groups is 1. The van der Waals surface area contributed by atoms with E-state index in [2.05, 4.69) is 9.99 Å². The number of nitrogens with zero attached hydrogens (tertiary/aromatic N) is 2. The molecule has 0 saturated carbocycles. The van der Waals surface area contributed by atoms with E-state index in [9.17, 15) is 14.9 Å². The van der Waals surface area contributed by atoms with Crippen molar-refractivity contribution in [3.63, 3.8) is 0 Å². The van der Waals surface area contributed by atoms with Gasteiger partial charge in [0, 0.05) is 13.0 Å². The van der Waals surface area contributed by atoms with Crippen LogP contribution in [0.3, 0.4) is 0 Å². The van der Waals surface area contributed by atoms with Gasteiger partial charge in [0.2, 0.25) is 0 Å². The summed E-state index contributed by atoms with van der Waals surface area (Å²) in [4.78, 5) is 24.8. The van der Waals surface area contributed by atoms with Gasteiger partial charge in [-0.15, -0.1) is 0 Å². The molecule has 0 atom stereocenters. The first-order valence-corrected chi connectivity index (χ1v) is 4.27. The smallest absolute Gasteiger partial charge is 0.332 e. The monoisotopic (exact) mass is 223 g/mol. The fourth-order valence-electron chi connectivity index (χ4n) is 1.01. The summed E-state index contributed by atoms with van der Waals surface area (Å²) in [6.07, 6.45) is 0. The molecule has 0 heterocycles. The first kappa shape index (κ1) is 11.6. The van der Waals surface area contributed by atoms with Crippen molar-refractivity contribution in [2.45, 2.75) is 6.92 Å². The van der Waals surface area contributed by atoms with E-state index in [0.29, 0.717) is 0 Å². The molecule has 0 aromatic heterocycles. The Morgan fingerprint density at radius 3 is 2.69 bits per heavy atom. The Morgan fingerprint density at radius 1 is 1.50 bits per heavy atom. The third kappa shape index (κ3) is 2.77. The second-order valence-electron chi connectivity index (χ2n) is 2.83. The van der Waals surface area contributed by atoms with Crippen LogP contribution in [-0.4, -0.2) is 16.7 Å². The van der Waals surface area contributed by atoms with Gasteiger partial charge in [-0.25, -0.2) is 4.79 Å². The summed E-state index contributed by atoms with van der Waals surface area (Å²) in [5.41, 5.74) is 5.36. The van der Waals surface area contributed by atoms with Gasteiger partial charge >= 0.3 is 5.97 Å². The lowest BCUT2D eigenvalue weighted by atomic mass is 10.1. The number of carbonyl (C=O) groups excluding carboxylic acids is 1. The van der Waals surface area contributed by atoms with Crippen molar-refractivity contribution in [3.8, 4) is 0 Å². The molecule has 0 spiro atoms. The van der Waals surface area contributed by atoms with Gasteiger partial charge in [0.15, 0.2) is 5.84 Å². The molecule has 0 aliphatic rings. The average Bonchev–Trinajstić information content (AvgIpc) is 2.25. The summed E-state index contributed by atoms with van der Waals surface area (Å²) in [5, 5.41) is 13.9. The minimum atomic E-state index is -0.651. The number of para-hydroxylation sites is 1. The molecule has 16 heavy (non-hydrogen) atoms. The molecular weight excluding hydrogens is 214 g/mol. The van der Waals surface area contributed by atoms with Crippen LogP contribution in [0.25, 0.3) is 0 Å². The first-order chi connectivity index (χ1) is 7.52. The molecule has 0 radical (unpaired) electrons. The molecule has 0 fully saturated rings. The van der Waals surface area contributed by atoms with E-state index in [1.807, 2.05) is 0 Å². The Kier molecular flexibility index (Phi) is 3.54. The van der Waals surface area contributed by atoms with Gasteiger partial charge in [0.05, 0.1) is 10.5 Å². The molecule has 7 nitrogen and oxygen atoms in total. The quantitative estimate of drug-likeness (QED) is 0.268. The van der Waals surface area contributed by atoms with Crippen LogP contribution in [0.1, 0.15) is 12.5 Å². The number of rotatable bonds is 3. The zero-order valence-electron chi connectivity index (χ0n) is 8.41. The minimum Gasteiger partial charge on any atom is -0.380 e. The minimum absolute atomic E-state index is 0.105. The molecule has 0 unspecified atom stereocenters. The van der Waals surface area contributed by atoms with Crippen molar-refractivity contribution in [3.05, 3.63) is 39.9 Å². The van der Waals surface area contributed by atoms with Crippen LogP contribution in [0.4, 0.5) is 5.69 Å². The molecule has 7 heteroatoms. The summed E-state index contributed by atoms with van der Waals surface area (Å²) >= 11 is 0. The molecule has 1 rings (SSSR count). The second-order valence-corrected chi connectivity index (χ2v) is 2.83. The lowest BCUT2D eigenvalue weighted by Crippen LogP contribution is -2.16. The third-order valence-corrected chi connectivity index (χ3v) is 1.65. The van der Waals surface area contributed by atoms with Crippen LogP contribution in [0.5, 0.6) is 0 Å². The Labute approximate surface area is 90.6 Å². The molecule has 84 valence electrons. The van der Waals surface area contributed by atoms with Crippen LogP contribution in [0.2, 0.25) is 0 Å². The van der Waals surface area contributed by atoms with E-state index in [0.717, 1.165) is 6.92 Å². The van der Waals surface area contributed by atoms with Crippen LogP contribution in [0.15, 0.2) is 29.4 Å². The summed E-state index contributed by atoms with van der Waals surface area (Å²) in [7, 11) is 0. The molecule has 0 aliphatic heterocycles. The van der Waals surface area contributed by atoms with Crippen LogP contribution >= 0.6 is 0 Å². The molecule has 0 aliphatic carbocycles. The van der Waals surface area contributed by atoms with E-state index in [1.165, 1.54) is 18.2 Å². The van der Waals surface area contributed by atoms with Crippen molar-refractivity contribution in [2.24, 2.45) is 10.9 Å². The second kappa shape index (κ2) is 4.87. The van der Waals surface area contributed by atoms with Crippen LogP contribution in [0, 0.1) is 10.1 Å². The third-order valence-electron chi connectivity index (χ3n) is 1.65. The van der Waals surface area contributed by atoms with E-state index in [1.54, 1.807) is 6.07 Å². The SMILES string of the molecule is CC(=O)O/N=C(\N)c1ccccc1[N+](=O)[O-]. The van der Waals surface area contributed by atoms with Gasteiger partial charge in [-0.2, -0.15) is 0 Å². The maximum atomic E-state index is 10.7. The first-order valence-electron chi connectivity index (χ1n) is 4.27. The van der Waals surface area contributed by atoms with Crippen LogP contribution in [-0.2, 0) is 9.63 Å². The van der Waals surface area contributed by atoms with Gasteiger partial charge in [-0.05, 0) is 6.07 Å². The normalized spacial score (nSPS) is 10.9. The average molecular weight is 223 g/mol. The number of hydrogen-bond donors (Lipinski definition) is 1. The van der Waals surface area contributed by atoms with Crippen molar-refractivity contribution < 1.29 is 14.6 Å². The topological polar surface area (TPSA) is 108 Å². The van der Waals surface area contributed by atoms with E-state index < -0.39 is 10.9 Å². The standard InChI is InChI=1S/C9H9N3O4/c1-6(13)16-11-9(10)7-4-2-3-5-8(7)12(14)15/h2-5H,1H3,(H2,10,11). The predicted molar refractivity (Wildman–Crippen MR) is 55.6 cm³/mol. The molecular formula is C9H9N3O4. The molecule has 0 bridgehead atoms. The fourth-order valence-corrected chi connectivity index (χ4v) is 1.01. The number of benzene rings is 1. The zero-order valence-corrected chi connectivity index (χ0v) is 8.41. The number of oxime groups is 1. The zero-order chi connectivity index (χ0) is 12.1. The van der Waals surface area contributed by atoms with Crippen molar-refractivity contribution in [2.75, 3.05) is 0 Å². The Balaban J connectivity index is 3.07. The number of amidine groups is 1. The summed E-state index contributed by atoms with van der Waals surface area (Å²) < 4.78 is 0. The summed E-state index contributed by atoms with van der Waals surface area (Å²) in [5.74, 6) is -0.871. The van der Waals surface area contributed by atoms with Crippen molar-refractivity contribution in [1.29, 1.82) is 0 Å². The molecule has 1 aromatic carbocycles. The van der Waals surface area contributed by atoms with Gasteiger partial charge < -0.3 is 10.6 Å². The largest absolute Gasteiger partial charge is 0.380 e. The number of nitrogens with two attached hydrogens (primary N) is 1. The summed E-state index contributed by atoms with van der Waals surface area (Å²) in [6.45, 7) is 1.15. The van der Waals surface area contributed by atoms with Gasteiger partial charge in [-0.3, -0.25) is 10.1 Å². The van der Waals surface area contributed by atoms with Gasteiger partial charge in [-0.1, -0.05) is 17.3 Å². The Bertz CT molecular complexity index is 456. The Hall–Kier alpha value is -2.44. The number of nitro benzene ring substituents is 1. The van der Waals surface area contributed by atoms with Crippen molar-refractivity contribution >= 4 is 17.5 Å². The van der Waals surface area contributed by atoms with E-state index in [-0.39, 0.29) is 17.1 Å². The Morgan fingerprint density at radius 2 is 2.12 bits per heavy atom. The van der Waals surface area contributed by atoms with Crippen LogP contribution < -0.4 is 5.73 Å². The fraction of sp³-hybridized carbons (Fsp3) is 0.111. The highest BCUT2D eigenvalue weighted by Gasteiger charge is 2.15. The van der Waals surface area contributed by atoms with Crippen molar-refractivity contribution in [1.82, 2.24) is 0 Å². The highest BCUT2D eigenvalue weighted by atomic mass is 16.7. The maximum absolute atomic E-state index is 10.7. The molecule has 2 N–H and O–H groups in total. The van der Waals surface area contributed by atoms with E-state index in [4.69, 9.17) is 5.73 Å². The van der Waals surface area contributed by atoms with E-state index >= 15 is 0 Å². The molecule has 1 aromatic rings.